The van der Waals surface area contributed by atoms with Crippen LogP contribution in [0.1, 0.15) is 115 Å². The third kappa shape index (κ3) is 11.9. The fourth-order valence-electron chi connectivity index (χ4n) is 5.49. The van der Waals surface area contributed by atoms with E-state index in [1.54, 1.807) is 0 Å². The third-order valence-electron chi connectivity index (χ3n) is 7.48. The number of rotatable bonds is 20. The van der Waals surface area contributed by atoms with Gasteiger partial charge in [-0.1, -0.05) is 0 Å². The molecule has 0 radical (unpaired) electrons. The molecule has 0 unspecified atom stereocenters. The Kier molecular flexibility index (Phi) is 14.7. The van der Waals surface area contributed by atoms with Gasteiger partial charge in [-0.15, -0.1) is 0 Å². The topological polar surface area (TPSA) is 0 Å². The van der Waals surface area contributed by atoms with Crippen molar-refractivity contribution in [2.24, 2.45) is 0 Å². The molecule has 0 atom stereocenters. The molecule has 0 heterocycles. The van der Waals surface area contributed by atoms with Gasteiger partial charge in [0.15, 0.2) is 0 Å². The van der Waals surface area contributed by atoms with Crippen LogP contribution in [0.4, 0.5) is 0 Å². The second kappa shape index (κ2) is 16.9. The SMILES string of the molecule is CCCCCCCCCP(Br)(CCCCCCCCC)(Cc1ccccc1)Cc1ccccc1. The van der Waals surface area contributed by atoms with E-state index in [2.05, 4.69) is 90.0 Å². The van der Waals surface area contributed by atoms with Gasteiger partial charge in [0.25, 0.3) is 0 Å². The van der Waals surface area contributed by atoms with Crippen molar-refractivity contribution in [3.05, 3.63) is 71.8 Å². The Hall–Kier alpha value is -0.650. The first-order valence-electron chi connectivity index (χ1n) is 14.4. The van der Waals surface area contributed by atoms with E-state index in [9.17, 15) is 0 Å². The van der Waals surface area contributed by atoms with Gasteiger partial charge >= 0.3 is 221 Å². The Bertz CT molecular complexity index is 679. The molecule has 0 saturated heterocycles. The molecule has 0 bridgehead atoms. The van der Waals surface area contributed by atoms with Crippen molar-refractivity contribution < 1.29 is 0 Å². The van der Waals surface area contributed by atoms with Gasteiger partial charge in [-0.2, -0.15) is 0 Å². The van der Waals surface area contributed by atoms with Gasteiger partial charge in [-0.3, -0.25) is 0 Å². The minimum atomic E-state index is -2.12. The summed E-state index contributed by atoms with van der Waals surface area (Å²) in [6.45, 7) is 4.62. The van der Waals surface area contributed by atoms with Gasteiger partial charge in [0.2, 0.25) is 0 Å². The minimum absolute atomic E-state index is 1.24. The predicted octanol–water partition coefficient (Wildman–Crippen LogP) is 11.8. The van der Waals surface area contributed by atoms with Gasteiger partial charge in [-0.05, 0) is 0 Å². The summed E-state index contributed by atoms with van der Waals surface area (Å²) in [6, 6.07) is 22.7. The fourth-order valence-corrected chi connectivity index (χ4v) is 14.0. The molecule has 192 valence electrons. The molecule has 0 spiro atoms. The van der Waals surface area contributed by atoms with E-state index in [0.717, 1.165) is 0 Å². The van der Waals surface area contributed by atoms with Gasteiger partial charge in [0.1, 0.15) is 0 Å². The standard InChI is InChI=1S/C32H52BrP/c1-3-5-7-9-11-13-21-27-34(33,29-31-23-17-15-18-24-31,30-32-25-19-16-20-26-32)28-22-14-12-10-8-6-4-2/h15-20,23-26H,3-14,21-22,27-30H2,1-2H3. The first kappa shape index (κ1) is 29.6. The Morgan fingerprint density at radius 2 is 0.794 bits per heavy atom. The van der Waals surface area contributed by atoms with Crippen molar-refractivity contribution in [1.29, 1.82) is 0 Å². The summed E-state index contributed by atoms with van der Waals surface area (Å²) >= 11 is 4.69. The molecule has 0 fully saturated rings. The monoisotopic (exact) mass is 546 g/mol. The molecule has 0 aromatic heterocycles. The molecule has 0 aliphatic heterocycles. The molecular weight excluding hydrogens is 495 g/mol. The van der Waals surface area contributed by atoms with Crippen LogP contribution in [0.5, 0.6) is 0 Å². The zero-order valence-corrected chi connectivity index (χ0v) is 24.8. The van der Waals surface area contributed by atoms with E-state index in [0.29, 0.717) is 0 Å². The van der Waals surface area contributed by atoms with Crippen LogP contribution in [0.2, 0.25) is 0 Å². The summed E-state index contributed by atoms with van der Waals surface area (Å²) < 4.78 is 0. The van der Waals surface area contributed by atoms with E-state index in [-0.39, 0.29) is 0 Å². The predicted molar refractivity (Wildman–Crippen MR) is 162 cm³/mol. The van der Waals surface area contributed by atoms with Crippen LogP contribution in [0.25, 0.3) is 0 Å². The van der Waals surface area contributed by atoms with E-state index in [4.69, 9.17) is 0 Å². The summed E-state index contributed by atoms with van der Waals surface area (Å²) in [6.07, 6.45) is 24.8. The average molecular weight is 548 g/mol. The molecule has 0 aliphatic rings. The summed E-state index contributed by atoms with van der Waals surface area (Å²) in [7, 11) is 0. The van der Waals surface area contributed by atoms with Crippen molar-refractivity contribution in [1.82, 2.24) is 0 Å². The summed E-state index contributed by atoms with van der Waals surface area (Å²) in [5.41, 5.74) is 3.05. The van der Waals surface area contributed by atoms with Crippen molar-refractivity contribution in [3.63, 3.8) is 0 Å². The van der Waals surface area contributed by atoms with E-state index in [1.807, 2.05) is 0 Å². The zero-order valence-electron chi connectivity index (χ0n) is 22.3. The molecule has 2 heteroatoms. The molecule has 0 amide bonds. The Labute approximate surface area is 220 Å². The van der Waals surface area contributed by atoms with Gasteiger partial charge < -0.3 is 0 Å². The molecule has 34 heavy (non-hydrogen) atoms. The van der Waals surface area contributed by atoms with Crippen molar-refractivity contribution in [3.8, 4) is 0 Å². The van der Waals surface area contributed by atoms with Crippen LogP contribution in [0.15, 0.2) is 60.7 Å². The summed E-state index contributed by atoms with van der Waals surface area (Å²) in [5, 5.41) is -2.12. The van der Waals surface area contributed by atoms with Gasteiger partial charge in [0.05, 0.1) is 0 Å². The maximum atomic E-state index is 4.69. The Morgan fingerprint density at radius 1 is 0.471 bits per heavy atom. The maximum absolute atomic E-state index is 4.69. The van der Waals surface area contributed by atoms with E-state index < -0.39 is 5.31 Å². The molecule has 0 saturated carbocycles. The average Bonchev–Trinajstić information content (AvgIpc) is 2.84. The van der Waals surface area contributed by atoms with Gasteiger partial charge in [0, 0.05) is 0 Å². The summed E-state index contributed by atoms with van der Waals surface area (Å²) in [4.78, 5) is 0. The second-order valence-corrected chi connectivity index (χ2v) is 22.0. The second-order valence-electron chi connectivity index (χ2n) is 10.8. The first-order chi connectivity index (χ1) is 16.6. The van der Waals surface area contributed by atoms with E-state index >= 15 is 0 Å². The Morgan fingerprint density at radius 3 is 1.15 bits per heavy atom. The summed E-state index contributed by atoms with van der Waals surface area (Å²) in [5.74, 6) is 0. The Balaban J connectivity index is 2.12. The fraction of sp³-hybridized carbons (Fsp3) is 0.625. The van der Waals surface area contributed by atoms with Crippen LogP contribution in [-0.2, 0) is 12.3 Å². The van der Waals surface area contributed by atoms with Crippen LogP contribution < -0.4 is 0 Å². The van der Waals surface area contributed by atoms with Crippen molar-refractivity contribution >= 4 is 20.8 Å². The number of hydrogen-bond donors (Lipinski definition) is 0. The first-order valence-corrected chi connectivity index (χ1v) is 19.4. The quantitative estimate of drug-likeness (QED) is 0.114. The van der Waals surface area contributed by atoms with Crippen LogP contribution >= 0.6 is 20.8 Å². The molecular formula is C32H52BrP. The van der Waals surface area contributed by atoms with Crippen LogP contribution in [-0.4, -0.2) is 12.3 Å². The molecule has 2 aromatic carbocycles. The zero-order chi connectivity index (χ0) is 24.4. The molecule has 2 rings (SSSR count). The number of hydrogen-bond acceptors (Lipinski definition) is 0. The van der Waals surface area contributed by atoms with Crippen LogP contribution in [0, 0.1) is 0 Å². The number of halogens is 1. The molecule has 0 aliphatic carbocycles. The molecule has 2 aromatic rings. The number of unbranched alkanes of at least 4 members (excludes halogenated alkanes) is 12. The van der Waals surface area contributed by atoms with Crippen molar-refractivity contribution in [2.75, 3.05) is 12.3 Å². The number of benzene rings is 2. The third-order valence-corrected chi connectivity index (χ3v) is 16.3. The van der Waals surface area contributed by atoms with Gasteiger partial charge in [-0.25, -0.2) is 0 Å². The molecule has 0 nitrogen and oxygen atoms in total. The normalized spacial score (nSPS) is 13.0. The van der Waals surface area contributed by atoms with Crippen LogP contribution in [0.3, 0.4) is 0 Å². The van der Waals surface area contributed by atoms with Crippen molar-refractivity contribution in [2.45, 2.75) is 116 Å². The molecule has 0 N–H and O–H groups in total. The van der Waals surface area contributed by atoms with E-state index in [1.165, 1.54) is 126 Å².